The molecule has 2 atom stereocenters. The SMILES string of the molecule is C/C=C\C.CN1CC2OCCN(Cc3ccccc3)C2C1.CS. The van der Waals surface area contributed by atoms with E-state index in [-0.39, 0.29) is 0 Å². The maximum Gasteiger partial charge on any atom is 0.0869 e. The predicted molar refractivity (Wildman–Crippen MR) is 103 cm³/mol. The Bertz CT molecular complexity index is 434. The molecule has 0 saturated carbocycles. The van der Waals surface area contributed by atoms with Gasteiger partial charge in [0, 0.05) is 26.2 Å². The lowest BCUT2D eigenvalue weighted by Gasteiger charge is -2.36. The first-order chi connectivity index (χ1) is 11.2. The van der Waals surface area contributed by atoms with Gasteiger partial charge in [-0.3, -0.25) is 4.90 Å². The Morgan fingerprint density at radius 2 is 1.78 bits per heavy atom. The van der Waals surface area contributed by atoms with Crippen LogP contribution in [0.25, 0.3) is 0 Å². The molecule has 0 bridgehead atoms. The average Bonchev–Trinajstić information content (AvgIpc) is 2.99. The lowest BCUT2D eigenvalue weighted by atomic mass is 10.1. The molecule has 0 N–H and O–H groups in total. The summed E-state index contributed by atoms with van der Waals surface area (Å²) in [5.74, 6) is 0. The summed E-state index contributed by atoms with van der Waals surface area (Å²) in [6, 6.07) is 11.3. The van der Waals surface area contributed by atoms with Crippen LogP contribution in [-0.4, -0.2) is 61.5 Å². The highest BCUT2D eigenvalue weighted by molar-refractivity contribution is 7.79. The van der Waals surface area contributed by atoms with Gasteiger partial charge in [-0.2, -0.15) is 12.6 Å². The van der Waals surface area contributed by atoms with Crippen LogP contribution in [0.3, 0.4) is 0 Å². The second-order valence-corrected chi connectivity index (χ2v) is 5.82. The maximum atomic E-state index is 5.86. The molecule has 0 spiro atoms. The van der Waals surface area contributed by atoms with Crippen molar-refractivity contribution in [2.45, 2.75) is 32.5 Å². The highest BCUT2D eigenvalue weighted by Crippen LogP contribution is 2.23. The minimum absolute atomic E-state index is 0.414. The van der Waals surface area contributed by atoms with E-state index in [1.54, 1.807) is 6.26 Å². The first-order valence-electron chi connectivity index (χ1n) is 8.34. The number of nitrogens with zero attached hydrogens (tertiary/aromatic N) is 2. The largest absolute Gasteiger partial charge is 0.374 e. The van der Waals surface area contributed by atoms with Gasteiger partial charge in [-0.1, -0.05) is 42.5 Å². The smallest absolute Gasteiger partial charge is 0.0869 e. The average molecular weight is 337 g/mol. The summed E-state index contributed by atoms with van der Waals surface area (Å²) in [5, 5.41) is 0. The van der Waals surface area contributed by atoms with E-state index < -0.39 is 0 Å². The van der Waals surface area contributed by atoms with Gasteiger partial charge in [-0.25, -0.2) is 0 Å². The van der Waals surface area contributed by atoms with Gasteiger partial charge in [0.15, 0.2) is 0 Å². The molecule has 0 aromatic heterocycles. The predicted octanol–water partition coefficient (Wildman–Crippen LogP) is 3.33. The van der Waals surface area contributed by atoms with Crippen LogP contribution in [0.5, 0.6) is 0 Å². The van der Waals surface area contributed by atoms with E-state index in [0.29, 0.717) is 12.1 Å². The number of benzene rings is 1. The molecule has 2 fully saturated rings. The minimum atomic E-state index is 0.414. The lowest BCUT2D eigenvalue weighted by Crippen LogP contribution is -2.50. The number of ether oxygens (including phenoxy) is 1. The van der Waals surface area contributed by atoms with Gasteiger partial charge in [0.05, 0.1) is 18.8 Å². The van der Waals surface area contributed by atoms with Crippen molar-refractivity contribution in [3.05, 3.63) is 48.0 Å². The van der Waals surface area contributed by atoms with Crippen LogP contribution < -0.4 is 0 Å². The van der Waals surface area contributed by atoms with Crippen LogP contribution in [-0.2, 0) is 11.3 Å². The van der Waals surface area contributed by atoms with Crippen LogP contribution in [0.2, 0.25) is 0 Å². The highest BCUT2D eigenvalue weighted by atomic mass is 32.1. The third-order valence-electron chi connectivity index (χ3n) is 4.16. The third-order valence-corrected chi connectivity index (χ3v) is 4.16. The molecular formula is C19H32N2OS. The molecule has 130 valence electrons. The fourth-order valence-electron chi connectivity index (χ4n) is 2.96. The molecule has 2 aliphatic heterocycles. The summed E-state index contributed by atoms with van der Waals surface area (Å²) in [4.78, 5) is 4.95. The zero-order valence-electron chi connectivity index (χ0n) is 15.0. The van der Waals surface area contributed by atoms with E-state index in [0.717, 1.165) is 32.8 Å². The van der Waals surface area contributed by atoms with E-state index in [1.165, 1.54) is 5.56 Å². The highest BCUT2D eigenvalue weighted by Gasteiger charge is 2.38. The summed E-state index contributed by atoms with van der Waals surface area (Å²) in [6.07, 6.45) is 6.11. The molecule has 2 saturated heterocycles. The van der Waals surface area contributed by atoms with Gasteiger partial charge in [-0.05, 0) is 32.7 Å². The van der Waals surface area contributed by atoms with Crippen molar-refractivity contribution in [1.29, 1.82) is 0 Å². The van der Waals surface area contributed by atoms with Crippen molar-refractivity contribution in [1.82, 2.24) is 9.80 Å². The molecule has 1 aromatic rings. The Balaban J connectivity index is 0.000000388. The topological polar surface area (TPSA) is 15.7 Å². The van der Waals surface area contributed by atoms with Crippen LogP contribution in [0.4, 0.5) is 0 Å². The summed E-state index contributed by atoms with van der Waals surface area (Å²) in [5.41, 5.74) is 1.41. The Morgan fingerprint density at radius 3 is 2.39 bits per heavy atom. The summed E-state index contributed by atoms with van der Waals surface area (Å²) < 4.78 is 5.86. The number of likely N-dealkylation sites (tertiary alicyclic amines) is 1. The summed E-state index contributed by atoms with van der Waals surface area (Å²) in [7, 11) is 2.18. The van der Waals surface area contributed by atoms with Crippen molar-refractivity contribution >= 4 is 12.6 Å². The molecule has 1 aromatic carbocycles. The van der Waals surface area contributed by atoms with E-state index in [2.05, 4.69) is 59.8 Å². The number of hydrogen-bond acceptors (Lipinski definition) is 4. The maximum absolute atomic E-state index is 5.86. The van der Waals surface area contributed by atoms with Crippen molar-refractivity contribution in [2.24, 2.45) is 0 Å². The number of morpholine rings is 1. The second kappa shape index (κ2) is 11.7. The van der Waals surface area contributed by atoms with E-state index in [9.17, 15) is 0 Å². The molecule has 23 heavy (non-hydrogen) atoms. The number of allylic oxidation sites excluding steroid dienone is 2. The molecular weight excluding hydrogens is 304 g/mol. The van der Waals surface area contributed by atoms with Gasteiger partial charge in [0.25, 0.3) is 0 Å². The number of thiol groups is 1. The van der Waals surface area contributed by atoms with Crippen molar-refractivity contribution in [2.75, 3.05) is 39.5 Å². The van der Waals surface area contributed by atoms with E-state index in [4.69, 9.17) is 4.74 Å². The van der Waals surface area contributed by atoms with Crippen LogP contribution in [0.15, 0.2) is 42.5 Å². The first kappa shape index (κ1) is 20.2. The van der Waals surface area contributed by atoms with Gasteiger partial charge in [0.2, 0.25) is 0 Å². The molecule has 0 amide bonds. The molecule has 3 nitrogen and oxygen atoms in total. The summed E-state index contributed by atoms with van der Waals surface area (Å²) >= 11 is 3.53. The van der Waals surface area contributed by atoms with Gasteiger partial charge in [0.1, 0.15) is 0 Å². The second-order valence-electron chi connectivity index (χ2n) is 5.82. The Labute approximate surface area is 147 Å². The number of hydrogen-bond donors (Lipinski definition) is 1. The van der Waals surface area contributed by atoms with Crippen LogP contribution in [0.1, 0.15) is 19.4 Å². The summed E-state index contributed by atoms with van der Waals surface area (Å²) in [6.45, 7) is 9.21. The lowest BCUT2D eigenvalue weighted by molar-refractivity contribution is -0.0503. The number of likely N-dealkylation sites (N-methyl/N-ethyl adjacent to an activating group) is 1. The number of rotatable bonds is 2. The minimum Gasteiger partial charge on any atom is -0.374 e. The molecule has 0 aliphatic carbocycles. The van der Waals surface area contributed by atoms with Crippen molar-refractivity contribution in [3.63, 3.8) is 0 Å². The van der Waals surface area contributed by atoms with E-state index in [1.807, 2.05) is 26.0 Å². The Morgan fingerprint density at radius 1 is 1.13 bits per heavy atom. The van der Waals surface area contributed by atoms with Gasteiger partial charge in [-0.15, -0.1) is 0 Å². The quantitative estimate of drug-likeness (QED) is 0.659. The fourth-order valence-corrected chi connectivity index (χ4v) is 2.96. The standard InChI is InChI=1S/C14H20N2O.C4H8.CH4S/c1-15-10-13-14(11-15)17-8-7-16(13)9-12-5-3-2-4-6-12;1-3-4-2;1-2/h2-6,13-14H,7-11H2,1H3;3-4H,1-2H3;2H,1H3/b;4-3-;. The molecule has 2 aliphatic rings. The monoisotopic (exact) mass is 336 g/mol. The molecule has 2 heterocycles. The van der Waals surface area contributed by atoms with Crippen molar-refractivity contribution in [3.8, 4) is 0 Å². The molecule has 0 radical (unpaired) electrons. The molecule has 2 unspecified atom stereocenters. The normalized spacial score (nSPS) is 24.4. The third kappa shape index (κ3) is 6.68. The molecule has 4 heteroatoms. The Hall–Kier alpha value is -0.810. The van der Waals surface area contributed by atoms with Crippen molar-refractivity contribution < 1.29 is 4.74 Å². The first-order valence-corrected chi connectivity index (χ1v) is 9.24. The zero-order chi connectivity index (χ0) is 17.1. The van der Waals surface area contributed by atoms with Gasteiger partial charge < -0.3 is 9.64 Å². The zero-order valence-corrected chi connectivity index (χ0v) is 15.9. The van der Waals surface area contributed by atoms with E-state index >= 15 is 0 Å². The number of fused-ring (bicyclic) bond motifs is 1. The van der Waals surface area contributed by atoms with Crippen LogP contribution in [0, 0.1) is 0 Å². The molecule has 3 rings (SSSR count). The fraction of sp³-hybridized carbons (Fsp3) is 0.579. The Kier molecular flexibility index (Phi) is 10.3. The van der Waals surface area contributed by atoms with Gasteiger partial charge >= 0.3 is 0 Å². The van der Waals surface area contributed by atoms with Crippen LogP contribution >= 0.6 is 12.6 Å².